The highest BCUT2D eigenvalue weighted by Gasteiger charge is 2.30. The summed E-state index contributed by atoms with van der Waals surface area (Å²) < 4.78 is 3.66. The van der Waals surface area contributed by atoms with Gasteiger partial charge in [0.25, 0.3) is 0 Å². The Morgan fingerprint density at radius 1 is 1.26 bits per heavy atom. The molecule has 0 aliphatic carbocycles. The minimum absolute atomic E-state index is 0.278. The van der Waals surface area contributed by atoms with Crippen molar-refractivity contribution in [1.29, 1.82) is 0 Å². The lowest BCUT2D eigenvalue weighted by Crippen LogP contribution is -2.28. The molecular formula is C16H21BrN2. The monoisotopic (exact) mass is 320 g/mol. The molecule has 0 saturated heterocycles. The van der Waals surface area contributed by atoms with Gasteiger partial charge in [0, 0.05) is 46.6 Å². The van der Waals surface area contributed by atoms with E-state index in [0.29, 0.717) is 5.92 Å². The number of nitrogens with zero attached hydrogens (tertiary/aromatic N) is 1. The number of benzene rings is 1. The van der Waals surface area contributed by atoms with Gasteiger partial charge in [0.15, 0.2) is 0 Å². The van der Waals surface area contributed by atoms with Crippen LogP contribution in [0.1, 0.15) is 32.4 Å². The van der Waals surface area contributed by atoms with Crippen LogP contribution in [-0.2, 0) is 6.54 Å². The van der Waals surface area contributed by atoms with Crippen LogP contribution in [0.5, 0.6) is 0 Å². The maximum Gasteiger partial charge on any atom is 0.0483 e. The van der Waals surface area contributed by atoms with Gasteiger partial charge in [-0.1, -0.05) is 36.7 Å². The van der Waals surface area contributed by atoms with E-state index >= 15 is 0 Å². The third-order valence-corrected chi connectivity index (χ3v) is 4.65. The number of halogens is 1. The standard InChI is InChI=1S/C16H21BrN2/c1-16(2,3)13-10-18-6-7-19-14-5-4-12(17)8-11(14)9-15(13)19/h4-5,8-9,13,18H,6-7,10H2,1-3H3. The van der Waals surface area contributed by atoms with Crippen molar-refractivity contribution in [2.75, 3.05) is 13.1 Å². The van der Waals surface area contributed by atoms with Crippen molar-refractivity contribution >= 4 is 26.8 Å². The average molecular weight is 321 g/mol. The lowest BCUT2D eigenvalue weighted by atomic mass is 9.78. The molecule has 0 saturated carbocycles. The minimum atomic E-state index is 0.278. The molecule has 2 aromatic rings. The van der Waals surface area contributed by atoms with Gasteiger partial charge in [-0.25, -0.2) is 0 Å². The summed E-state index contributed by atoms with van der Waals surface area (Å²) in [5, 5.41) is 4.93. The van der Waals surface area contributed by atoms with Crippen LogP contribution in [0.3, 0.4) is 0 Å². The normalized spacial score (nSPS) is 20.3. The van der Waals surface area contributed by atoms with E-state index < -0.39 is 0 Å². The third-order valence-electron chi connectivity index (χ3n) is 4.16. The van der Waals surface area contributed by atoms with Crippen LogP contribution < -0.4 is 5.32 Å². The highest BCUT2D eigenvalue weighted by Crippen LogP contribution is 2.38. The Morgan fingerprint density at radius 2 is 2.05 bits per heavy atom. The van der Waals surface area contributed by atoms with Crippen molar-refractivity contribution in [2.24, 2.45) is 5.41 Å². The fraction of sp³-hybridized carbons (Fsp3) is 0.500. The van der Waals surface area contributed by atoms with Gasteiger partial charge < -0.3 is 9.88 Å². The SMILES string of the molecule is CC(C)(C)C1CNCCn2c1cc1cc(Br)ccc12. The summed E-state index contributed by atoms with van der Waals surface area (Å²) in [5.74, 6) is 0.557. The summed E-state index contributed by atoms with van der Waals surface area (Å²) in [6.45, 7) is 10.2. The summed E-state index contributed by atoms with van der Waals surface area (Å²) in [6.07, 6.45) is 0. The molecule has 1 aromatic heterocycles. The summed E-state index contributed by atoms with van der Waals surface area (Å²) in [7, 11) is 0. The molecule has 3 heteroatoms. The van der Waals surface area contributed by atoms with E-state index in [4.69, 9.17) is 0 Å². The average Bonchev–Trinajstić information content (AvgIpc) is 2.52. The van der Waals surface area contributed by atoms with E-state index in [2.05, 4.69) is 70.9 Å². The van der Waals surface area contributed by atoms with E-state index in [1.807, 2.05) is 0 Å². The predicted molar refractivity (Wildman–Crippen MR) is 84.7 cm³/mol. The Kier molecular flexibility index (Phi) is 3.22. The van der Waals surface area contributed by atoms with E-state index in [-0.39, 0.29) is 5.41 Å². The van der Waals surface area contributed by atoms with Crippen molar-refractivity contribution in [3.63, 3.8) is 0 Å². The van der Waals surface area contributed by atoms with Crippen LogP contribution in [0.2, 0.25) is 0 Å². The topological polar surface area (TPSA) is 17.0 Å². The van der Waals surface area contributed by atoms with E-state index in [1.165, 1.54) is 16.6 Å². The van der Waals surface area contributed by atoms with E-state index in [0.717, 1.165) is 24.1 Å². The first-order valence-electron chi connectivity index (χ1n) is 6.96. The van der Waals surface area contributed by atoms with Crippen LogP contribution in [0.25, 0.3) is 10.9 Å². The molecular weight excluding hydrogens is 300 g/mol. The Labute approximate surface area is 123 Å². The predicted octanol–water partition coefficient (Wildman–Crippen LogP) is 4.14. The largest absolute Gasteiger partial charge is 0.343 e. The number of nitrogens with one attached hydrogen (secondary N) is 1. The zero-order chi connectivity index (χ0) is 13.6. The third kappa shape index (κ3) is 2.34. The molecule has 3 rings (SSSR count). The summed E-state index contributed by atoms with van der Waals surface area (Å²) >= 11 is 3.57. The fourth-order valence-electron chi connectivity index (χ4n) is 3.09. The minimum Gasteiger partial charge on any atom is -0.343 e. The van der Waals surface area contributed by atoms with Gasteiger partial charge in [0.05, 0.1) is 0 Å². The van der Waals surface area contributed by atoms with Gasteiger partial charge in [-0.2, -0.15) is 0 Å². The highest BCUT2D eigenvalue weighted by atomic mass is 79.9. The van der Waals surface area contributed by atoms with Crippen molar-refractivity contribution in [3.8, 4) is 0 Å². The quantitative estimate of drug-likeness (QED) is 0.772. The molecule has 0 spiro atoms. The number of hydrogen-bond acceptors (Lipinski definition) is 1. The lowest BCUT2D eigenvalue weighted by Gasteiger charge is -2.30. The Bertz CT molecular complexity index is 607. The maximum absolute atomic E-state index is 3.58. The molecule has 1 aliphatic heterocycles. The Balaban J connectivity index is 2.21. The van der Waals surface area contributed by atoms with Crippen molar-refractivity contribution in [2.45, 2.75) is 33.2 Å². The van der Waals surface area contributed by atoms with Crippen molar-refractivity contribution in [3.05, 3.63) is 34.4 Å². The smallest absolute Gasteiger partial charge is 0.0483 e. The molecule has 102 valence electrons. The molecule has 0 amide bonds. The second-order valence-electron chi connectivity index (χ2n) is 6.55. The second-order valence-corrected chi connectivity index (χ2v) is 7.46. The van der Waals surface area contributed by atoms with E-state index in [9.17, 15) is 0 Å². The second kappa shape index (κ2) is 4.64. The molecule has 0 radical (unpaired) electrons. The maximum atomic E-state index is 3.58. The molecule has 2 heterocycles. The first-order valence-corrected chi connectivity index (χ1v) is 7.75. The fourth-order valence-corrected chi connectivity index (χ4v) is 3.47. The molecule has 2 nitrogen and oxygen atoms in total. The summed E-state index contributed by atoms with van der Waals surface area (Å²) in [4.78, 5) is 0. The van der Waals surface area contributed by atoms with Crippen LogP contribution in [0.15, 0.2) is 28.7 Å². The van der Waals surface area contributed by atoms with Crippen LogP contribution in [0.4, 0.5) is 0 Å². The molecule has 1 unspecified atom stereocenters. The van der Waals surface area contributed by atoms with Gasteiger partial charge in [-0.05, 0) is 29.7 Å². The number of rotatable bonds is 0. The summed E-state index contributed by atoms with van der Waals surface area (Å²) in [5.41, 5.74) is 3.11. The molecule has 1 atom stereocenters. The van der Waals surface area contributed by atoms with Gasteiger partial charge in [-0.15, -0.1) is 0 Å². The number of hydrogen-bond donors (Lipinski definition) is 1. The molecule has 1 N–H and O–H groups in total. The van der Waals surface area contributed by atoms with Crippen molar-refractivity contribution in [1.82, 2.24) is 9.88 Å². The van der Waals surface area contributed by atoms with Gasteiger partial charge in [-0.3, -0.25) is 0 Å². The Hall–Kier alpha value is -0.800. The first-order chi connectivity index (χ1) is 8.97. The van der Waals surface area contributed by atoms with Gasteiger partial charge >= 0.3 is 0 Å². The van der Waals surface area contributed by atoms with Crippen LogP contribution >= 0.6 is 15.9 Å². The highest BCUT2D eigenvalue weighted by molar-refractivity contribution is 9.10. The molecule has 0 fully saturated rings. The number of aromatic nitrogens is 1. The van der Waals surface area contributed by atoms with E-state index in [1.54, 1.807) is 0 Å². The Morgan fingerprint density at radius 3 is 2.79 bits per heavy atom. The van der Waals surface area contributed by atoms with Gasteiger partial charge in [0.1, 0.15) is 0 Å². The van der Waals surface area contributed by atoms with Crippen LogP contribution in [-0.4, -0.2) is 17.7 Å². The zero-order valence-corrected chi connectivity index (χ0v) is 13.4. The molecule has 0 bridgehead atoms. The van der Waals surface area contributed by atoms with Gasteiger partial charge in [0.2, 0.25) is 0 Å². The molecule has 1 aromatic carbocycles. The lowest BCUT2D eigenvalue weighted by molar-refractivity contribution is 0.309. The first kappa shape index (κ1) is 13.2. The van der Waals surface area contributed by atoms with Crippen LogP contribution in [0, 0.1) is 5.41 Å². The van der Waals surface area contributed by atoms with Crippen molar-refractivity contribution < 1.29 is 0 Å². The number of fused-ring (bicyclic) bond motifs is 3. The molecule has 19 heavy (non-hydrogen) atoms. The zero-order valence-electron chi connectivity index (χ0n) is 11.8. The molecule has 1 aliphatic rings. The summed E-state index contributed by atoms with van der Waals surface area (Å²) in [6, 6.07) is 8.97.